The van der Waals surface area contributed by atoms with Gasteiger partial charge in [-0.15, -0.1) is 0 Å². The lowest BCUT2D eigenvalue weighted by molar-refractivity contribution is 0.0938. The maximum Gasteiger partial charge on any atom is 0.252 e. The van der Waals surface area contributed by atoms with E-state index in [1.807, 2.05) is 32.0 Å². The molecule has 3 heteroatoms. The molecule has 0 heterocycles. The minimum atomic E-state index is 0.0220. The van der Waals surface area contributed by atoms with Gasteiger partial charge in [0.15, 0.2) is 0 Å². The van der Waals surface area contributed by atoms with Gasteiger partial charge >= 0.3 is 0 Å². The van der Waals surface area contributed by atoms with Crippen LogP contribution in [-0.2, 0) is 0 Å². The summed E-state index contributed by atoms with van der Waals surface area (Å²) >= 11 is 2.20. The molecule has 1 aromatic rings. The summed E-state index contributed by atoms with van der Waals surface area (Å²) in [6.07, 6.45) is 0.953. The Morgan fingerprint density at radius 2 is 2.20 bits per heavy atom. The predicted molar refractivity (Wildman–Crippen MR) is 71.1 cm³/mol. The van der Waals surface area contributed by atoms with Gasteiger partial charge < -0.3 is 5.32 Å². The van der Waals surface area contributed by atoms with Gasteiger partial charge in [-0.25, -0.2) is 0 Å². The summed E-state index contributed by atoms with van der Waals surface area (Å²) in [5.41, 5.74) is 1.95. The van der Waals surface area contributed by atoms with E-state index >= 15 is 0 Å². The molecule has 0 saturated heterocycles. The summed E-state index contributed by atoms with van der Waals surface area (Å²) in [6, 6.07) is 6.10. The average molecular weight is 317 g/mol. The van der Waals surface area contributed by atoms with E-state index in [0.717, 1.165) is 15.6 Å². The van der Waals surface area contributed by atoms with Crippen molar-refractivity contribution in [2.45, 2.75) is 33.2 Å². The lowest BCUT2D eigenvalue weighted by Crippen LogP contribution is -2.32. The molecule has 0 bridgehead atoms. The largest absolute Gasteiger partial charge is 0.350 e. The van der Waals surface area contributed by atoms with E-state index < -0.39 is 0 Å². The highest BCUT2D eigenvalue weighted by molar-refractivity contribution is 14.1. The quantitative estimate of drug-likeness (QED) is 0.853. The van der Waals surface area contributed by atoms with E-state index in [4.69, 9.17) is 0 Å². The van der Waals surface area contributed by atoms with E-state index in [9.17, 15) is 4.79 Å². The van der Waals surface area contributed by atoms with Crippen LogP contribution < -0.4 is 5.32 Å². The zero-order chi connectivity index (χ0) is 11.4. The molecule has 1 unspecified atom stereocenters. The number of hydrogen-bond acceptors (Lipinski definition) is 1. The molecule has 1 aromatic carbocycles. The molecule has 0 fully saturated rings. The zero-order valence-corrected chi connectivity index (χ0v) is 11.5. The number of carbonyl (C=O) groups is 1. The Morgan fingerprint density at radius 1 is 1.53 bits per heavy atom. The van der Waals surface area contributed by atoms with Gasteiger partial charge in [-0.3, -0.25) is 4.79 Å². The normalized spacial score (nSPS) is 12.3. The van der Waals surface area contributed by atoms with Crippen LogP contribution in [0.15, 0.2) is 18.2 Å². The zero-order valence-electron chi connectivity index (χ0n) is 9.30. The second-order valence-corrected chi connectivity index (χ2v) is 4.93. The third-order valence-electron chi connectivity index (χ3n) is 2.36. The van der Waals surface area contributed by atoms with Crippen molar-refractivity contribution in [3.63, 3.8) is 0 Å². The van der Waals surface area contributed by atoms with Crippen LogP contribution in [0.1, 0.15) is 36.2 Å². The molecule has 0 aliphatic heterocycles. The third kappa shape index (κ3) is 3.48. The number of aryl methyl sites for hydroxylation is 1. The van der Waals surface area contributed by atoms with Crippen molar-refractivity contribution in [1.29, 1.82) is 0 Å². The molecule has 0 aliphatic rings. The summed E-state index contributed by atoms with van der Waals surface area (Å²) in [5.74, 6) is 0.0220. The van der Waals surface area contributed by atoms with Crippen LogP contribution in [0.2, 0.25) is 0 Å². The maximum absolute atomic E-state index is 11.8. The van der Waals surface area contributed by atoms with Gasteiger partial charge in [-0.05, 0) is 55.0 Å². The fourth-order valence-electron chi connectivity index (χ4n) is 1.21. The van der Waals surface area contributed by atoms with Crippen LogP contribution in [0.25, 0.3) is 0 Å². The minimum Gasteiger partial charge on any atom is -0.350 e. The lowest BCUT2D eigenvalue weighted by Gasteiger charge is -2.12. The first-order valence-electron chi connectivity index (χ1n) is 5.11. The van der Waals surface area contributed by atoms with Crippen LogP contribution in [-0.4, -0.2) is 11.9 Å². The highest BCUT2D eigenvalue weighted by Crippen LogP contribution is 2.14. The van der Waals surface area contributed by atoms with E-state index in [0.29, 0.717) is 0 Å². The SMILES string of the molecule is CCC(C)NC(=O)c1ccc(C)cc1I. The Morgan fingerprint density at radius 3 is 2.73 bits per heavy atom. The molecule has 0 saturated carbocycles. The molecule has 0 spiro atoms. The number of hydrogen-bond donors (Lipinski definition) is 1. The fourth-order valence-corrected chi connectivity index (χ4v) is 2.12. The van der Waals surface area contributed by atoms with Crippen LogP contribution in [0.5, 0.6) is 0 Å². The number of amides is 1. The number of benzene rings is 1. The first-order chi connectivity index (χ1) is 7.04. The van der Waals surface area contributed by atoms with E-state index in [-0.39, 0.29) is 11.9 Å². The van der Waals surface area contributed by atoms with E-state index in [2.05, 4.69) is 34.8 Å². The van der Waals surface area contributed by atoms with Crippen molar-refractivity contribution in [2.24, 2.45) is 0 Å². The smallest absolute Gasteiger partial charge is 0.252 e. The predicted octanol–water partition coefficient (Wildman–Crippen LogP) is 3.13. The van der Waals surface area contributed by atoms with Gasteiger partial charge in [-0.1, -0.05) is 18.6 Å². The van der Waals surface area contributed by atoms with Gasteiger partial charge in [0.2, 0.25) is 0 Å². The van der Waals surface area contributed by atoms with Crippen LogP contribution >= 0.6 is 22.6 Å². The first-order valence-corrected chi connectivity index (χ1v) is 6.19. The number of rotatable bonds is 3. The van der Waals surface area contributed by atoms with Crippen molar-refractivity contribution in [3.05, 3.63) is 32.9 Å². The van der Waals surface area contributed by atoms with Crippen molar-refractivity contribution in [3.8, 4) is 0 Å². The molecular formula is C12H16INO. The van der Waals surface area contributed by atoms with E-state index in [1.54, 1.807) is 0 Å². The van der Waals surface area contributed by atoms with Crippen molar-refractivity contribution in [1.82, 2.24) is 5.32 Å². The van der Waals surface area contributed by atoms with Crippen LogP contribution in [0, 0.1) is 10.5 Å². The highest BCUT2D eigenvalue weighted by atomic mass is 127. The monoisotopic (exact) mass is 317 g/mol. The minimum absolute atomic E-state index is 0.0220. The Kier molecular flexibility index (Phi) is 4.57. The molecule has 1 rings (SSSR count). The van der Waals surface area contributed by atoms with Crippen molar-refractivity contribution in [2.75, 3.05) is 0 Å². The first kappa shape index (κ1) is 12.5. The third-order valence-corrected chi connectivity index (χ3v) is 3.25. The summed E-state index contributed by atoms with van der Waals surface area (Å²) in [6.45, 7) is 6.10. The van der Waals surface area contributed by atoms with Crippen LogP contribution in [0.3, 0.4) is 0 Å². The molecule has 2 nitrogen and oxygen atoms in total. The molecule has 0 radical (unpaired) electrons. The summed E-state index contributed by atoms with van der Waals surface area (Å²) in [5, 5.41) is 2.96. The number of halogens is 1. The van der Waals surface area contributed by atoms with Crippen LogP contribution in [0.4, 0.5) is 0 Å². The summed E-state index contributed by atoms with van der Waals surface area (Å²) in [7, 11) is 0. The second kappa shape index (κ2) is 5.49. The number of nitrogens with one attached hydrogen (secondary N) is 1. The molecule has 82 valence electrons. The Bertz CT molecular complexity index is 363. The molecule has 1 N–H and O–H groups in total. The number of carbonyl (C=O) groups excluding carboxylic acids is 1. The van der Waals surface area contributed by atoms with Gasteiger partial charge in [0.1, 0.15) is 0 Å². The average Bonchev–Trinajstić information content (AvgIpc) is 2.17. The molecule has 15 heavy (non-hydrogen) atoms. The van der Waals surface area contributed by atoms with Crippen molar-refractivity contribution < 1.29 is 4.79 Å². The Hall–Kier alpha value is -0.580. The maximum atomic E-state index is 11.8. The summed E-state index contributed by atoms with van der Waals surface area (Å²) in [4.78, 5) is 11.8. The molecule has 1 amide bonds. The molecular weight excluding hydrogens is 301 g/mol. The Labute approximate surface area is 105 Å². The van der Waals surface area contributed by atoms with Gasteiger partial charge in [0, 0.05) is 9.61 Å². The van der Waals surface area contributed by atoms with E-state index in [1.165, 1.54) is 5.56 Å². The molecule has 0 aliphatic carbocycles. The fraction of sp³-hybridized carbons (Fsp3) is 0.417. The second-order valence-electron chi connectivity index (χ2n) is 3.77. The van der Waals surface area contributed by atoms with Gasteiger partial charge in [0.05, 0.1) is 5.56 Å². The van der Waals surface area contributed by atoms with Gasteiger partial charge in [0.25, 0.3) is 5.91 Å². The topological polar surface area (TPSA) is 29.1 Å². The highest BCUT2D eigenvalue weighted by Gasteiger charge is 2.11. The summed E-state index contributed by atoms with van der Waals surface area (Å²) < 4.78 is 1.01. The standard InChI is InChI=1S/C12H16INO/c1-4-9(3)14-12(15)10-6-5-8(2)7-11(10)13/h5-7,9H,4H2,1-3H3,(H,14,15). The van der Waals surface area contributed by atoms with Crippen molar-refractivity contribution >= 4 is 28.5 Å². The lowest BCUT2D eigenvalue weighted by atomic mass is 10.1. The Balaban J connectivity index is 2.82. The van der Waals surface area contributed by atoms with Gasteiger partial charge in [-0.2, -0.15) is 0 Å². The molecule has 0 aromatic heterocycles. The molecule has 1 atom stereocenters.